The minimum atomic E-state index is 0.559. The first-order valence-electron chi connectivity index (χ1n) is 5.24. The van der Waals surface area contributed by atoms with Crippen LogP contribution >= 0.6 is 0 Å². The zero-order valence-corrected chi connectivity index (χ0v) is 9.07. The Bertz CT molecular complexity index is 233. The Morgan fingerprint density at radius 1 is 1.57 bits per heavy atom. The van der Waals surface area contributed by atoms with E-state index in [1.807, 2.05) is 12.1 Å². The number of hydrogen-bond acceptors (Lipinski definition) is 3. The van der Waals surface area contributed by atoms with E-state index in [0.29, 0.717) is 12.6 Å². The summed E-state index contributed by atoms with van der Waals surface area (Å²) in [6, 6.07) is 4.49. The van der Waals surface area contributed by atoms with E-state index in [9.17, 15) is 0 Å². The van der Waals surface area contributed by atoms with Crippen molar-refractivity contribution in [3.8, 4) is 0 Å². The van der Waals surface area contributed by atoms with Crippen molar-refractivity contribution in [2.45, 2.75) is 32.9 Å². The molecule has 3 heteroatoms. The standard InChI is InChI=1S/C11H20N2O/c1-3-10(2)13(7-6-12)9-11-5-4-8-14-11/h4-5,8,10H,3,6-7,9,12H2,1-2H3/t10-/m1/s1. The van der Waals surface area contributed by atoms with Gasteiger partial charge in [0, 0.05) is 19.1 Å². The summed E-state index contributed by atoms with van der Waals surface area (Å²) < 4.78 is 5.32. The second kappa shape index (κ2) is 5.83. The molecule has 1 aromatic rings. The minimum absolute atomic E-state index is 0.559. The molecule has 2 N–H and O–H groups in total. The molecule has 0 saturated heterocycles. The van der Waals surface area contributed by atoms with Gasteiger partial charge in [-0.15, -0.1) is 0 Å². The summed E-state index contributed by atoms with van der Waals surface area (Å²) in [5.41, 5.74) is 5.58. The Morgan fingerprint density at radius 3 is 2.86 bits per heavy atom. The van der Waals surface area contributed by atoms with Crippen LogP contribution in [0.15, 0.2) is 22.8 Å². The van der Waals surface area contributed by atoms with Crippen molar-refractivity contribution >= 4 is 0 Å². The van der Waals surface area contributed by atoms with Crippen molar-refractivity contribution in [3.63, 3.8) is 0 Å². The molecule has 0 fully saturated rings. The number of furan rings is 1. The molecule has 0 aromatic carbocycles. The molecular formula is C11H20N2O. The van der Waals surface area contributed by atoms with E-state index in [-0.39, 0.29) is 0 Å². The lowest BCUT2D eigenvalue weighted by atomic mass is 10.2. The molecule has 14 heavy (non-hydrogen) atoms. The molecule has 80 valence electrons. The SMILES string of the molecule is CC[C@@H](C)N(CCN)Cc1ccco1. The quantitative estimate of drug-likeness (QED) is 0.755. The molecule has 0 aliphatic rings. The lowest BCUT2D eigenvalue weighted by Gasteiger charge is -2.26. The molecule has 0 bridgehead atoms. The third kappa shape index (κ3) is 3.16. The third-order valence-electron chi connectivity index (χ3n) is 2.57. The van der Waals surface area contributed by atoms with Crippen molar-refractivity contribution in [3.05, 3.63) is 24.2 Å². The fourth-order valence-electron chi connectivity index (χ4n) is 1.48. The van der Waals surface area contributed by atoms with E-state index in [2.05, 4.69) is 18.7 Å². The minimum Gasteiger partial charge on any atom is -0.468 e. The highest BCUT2D eigenvalue weighted by Gasteiger charge is 2.12. The fraction of sp³-hybridized carbons (Fsp3) is 0.636. The number of hydrogen-bond donors (Lipinski definition) is 1. The summed E-state index contributed by atoms with van der Waals surface area (Å²) in [5, 5.41) is 0. The van der Waals surface area contributed by atoms with Gasteiger partial charge in [-0.1, -0.05) is 6.92 Å². The number of rotatable bonds is 6. The molecule has 3 nitrogen and oxygen atoms in total. The van der Waals surface area contributed by atoms with Gasteiger partial charge in [-0.25, -0.2) is 0 Å². The summed E-state index contributed by atoms with van der Waals surface area (Å²) >= 11 is 0. The van der Waals surface area contributed by atoms with Gasteiger partial charge < -0.3 is 10.2 Å². The Balaban J connectivity index is 2.50. The van der Waals surface area contributed by atoms with Crippen LogP contribution in [-0.4, -0.2) is 24.0 Å². The van der Waals surface area contributed by atoms with Gasteiger partial charge in [-0.2, -0.15) is 0 Å². The van der Waals surface area contributed by atoms with Crippen molar-refractivity contribution in [2.75, 3.05) is 13.1 Å². The van der Waals surface area contributed by atoms with Gasteiger partial charge in [-0.3, -0.25) is 4.90 Å². The molecule has 0 spiro atoms. The van der Waals surface area contributed by atoms with E-state index in [4.69, 9.17) is 10.2 Å². The Labute approximate surface area is 85.9 Å². The zero-order chi connectivity index (χ0) is 10.4. The third-order valence-corrected chi connectivity index (χ3v) is 2.57. The maximum atomic E-state index is 5.58. The Hall–Kier alpha value is -0.800. The van der Waals surface area contributed by atoms with Crippen molar-refractivity contribution in [1.82, 2.24) is 4.90 Å². The van der Waals surface area contributed by atoms with Gasteiger partial charge in [0.15, 0.2) is 0 Å². The van der Waals surface area contributed by atoms with Crippen molar-refractivity contribution in [2.24, 2.45) is 5.73 Å². The summed E-state index contributed by atoms with van der Waals surface area (Å²) in [6.07, 6.45) is 2.85. The molecule has 0 radical (unpaired) electrons. The second-order valence-electron chi connectivity index (χ2n) is 3.60. The molecule has 0 unspecified atom stereocenters. The average Bonchev–Trinajstić information content (AvgIpc) is 2.68. The van der Waals surface area contributed by atoms with Crippen LogP contribution in [-0.2, 0) is 6.54 Å². The van der Waals surface area contributed by atoms with E-state index in [0.717, 1.165) is 25.3 Å². The molecule has 0 aliphatic carbocycles. The van der Waals surface area contributed by atoms with Gasteiger partial charge in [0.1, 0.15) is 5.76 Å². The van der Waals surface area contributed by atoms with E-state index in [1.54, 1.807) is 6.26 Å². The lowest BCUT2D eigenvalue weighted by Crippen LogP contribution is -2.36. The van der Waals surface area contributed by atoms with E-state index >= 15 is 0 Å². The second-order valence-corrected chi connectivity index (χ2v) is 3.60. The lowest BCUT2D eigenvalue weighted by molar-refractivity contribution is 0.186. The Kier molecular flexibility index (Phi) is 4.70. The van der Waals surface area contributed by atoms with Crippen molar-refractivity contribution in [1.29, 1.82) is 0 Å². The first kappa shape index (κ1) is 11.3. The van der Waals surface area contributed by atoms with Gasteiger partial charge in [0.2, 0.25) is 0 Å². The van der Waals surface area contributed by atoms with Crippen molar-refractivity contribution < 1.29 is 4.42 Å². The van der Waals surface area contributed by atoms with Crippen LogP contribution in [0.2, 0.25) is 0 Å². The van der Waals surface area contributed by atoms with E-state index in [1.165, 1.54) is 0 Å². The van der Waals surface area contributed by atoms with Crippen LogP contribution in [0.5, 0.6) is 0 Å². The smallest absolute Gasteiger partial charge is 0.117 e. The zero-order valence-electron chi connectivity index (χ0n) is 9.07. The van der Waals surface area contributed by atoms with Crippen LogP contribution in [0.25, 0.3) is 0 Å². The highest BCUT2D eigenvalue weighted by atomic mass is 16.3. The topological polar surface area (TPSA) is 42.4 Å². The maximum Gasteiger partial charge on any atom is 0.117 e. The predicted molar refractivity (Wildman–Crippen MR) is 57.9 cm³/mol. The van der Waals surface area contributed by atoms with Gasteiger partial charge in [0.25, 0.3) is 0 Å². The van der Waals surface area contributed by atoms with Gasteiger partial charge >= 0.3 is 0 Å². The predicted octanol–water partition coefficient (Wildman–Crippen LogP) is 1.84. The molecular weight excluding hydrogens is 176 g/mol. The van der Waals surface area contributed by atoms with Gasteiger partial charge in [0.05, 0.1) is 12.8 Å². The molecule has 0 saturated carbocycles. The highest BCUT2D eigenvalue weighted by Crippen LogP contribution is 2.10. The summed E-state index contributed by atoms with van der Waals surface area (Å²) in [7, 11) is 0. The molecule has 0 aliphatic heterocycles. The monoisotopic (exact) mass is 196 g/mol. The van der Waals surface area contributed by atoms with Crippen LogP contribution in [0.3, 0.4) is 0 Å². The summed E-state index contributed by atoms with van der Waals surface area (Å²) in [6.45, 7) is 6.90. The Morgan fingerprint density at radius 2 is 2.36 bits per heavy atom. The van der Waals surface area contributed by atoms with Crippen LogP contribution < -0.4 is 5.73 Å². The first-order valence-corrected chi connectivity index (χ1v) is 5.24. The highest BCUT2D eigenvalue weighted by molar-refractivity contribution is 4.98. The van der Waals surface area contributed by atoms with Crippen LogP contribution in [0, 0.1) is 0 Å². The molecule has 1 rings (SSSR count). The maximum absolute atomic E-state index is 5.58. The van der Waals surface area contributed by atoms with Crippen LogP contribution in [0.1, 0.15) is 26.0 Å². The van der Waals surface area contributed by atoms with E-state index < -0.39 is 0 Å². The fourth-order valence-corrected chi connectivity index (χ4v) is 1.48. The molecule has 1 heterocycles. The van der Waals surface area contributed by atoms with Gasteiger partial charge in [-0.05, 0) is 25.5 Å². The molecule has 0 amide bonds. The molecule has 1 aromatic heterocycles. The number of nitrogens with two attached hydrogens (primary N) is 1. The van der Waals surface area contributed by atoms with Crippen LogP contribution in [0.4, 0.5) is 0 Å². The average molecular weight is 196 g/mol. The molecule has 1 atom stereocenters. The first-order chi connectivity index (χ1) is 6.77. The number of nitrogens with zero attached hydrogens (tertiary/aromatic N) is 1. The largest absolute Gasteiger partial charge is 0.468 e. The normalized spacial score (nSPS) is 13.4. The summed E-state index contributed by atoms with van der Waals surface area (Å²) in [4.78, 5) is 2.35. The summed E-state index contributed by atoms with van der Waals surface area (Å²) in [5.74, 6) is 1.01.